The second kappa shape index (κ2) is 4.27. The lowest BCUT2D eigenvalue weighted by Crippen LogP contribution is -2.41. The molecule has 1 aromatic rings. The summed E-state index contributed by atoms with van der Waals surface area (Å²) in [7, 11) is 0. The van der Waals surface area contributed by atoms with Gasteiger partial charge in [0, 0.05) is 5.56 Å². The zero-order valence-corrected chi connectivity index (χ0v) is 9.60. The lowest BCUT2D eigenvalue weighted by Gasteiger charge is -2.36. The van der Waals surface area contributed by atoms with Crippen LogP contribution in [0, 0.1) is 5.82 Å². The van der Waals surface area contributed by atoms with Crippen molar-refractivity contribution < 1.29 is 14.2 Å². The Bertz CT molecular complexity index is 418. The Morgan fingerprint density at radius 2 is 2.06 bits per heavy atom. The Morgan fingerprint density at radius 3 is 2.82 bits per heavy atom. The minimum absolute atomic E-state index is 0.114. The fourth-order valence-corrected chi connectivity index (χ4v) is 2.82. The smallest absolute Gasteiger partial charge is 0.124 e. The van der Waals surface area contributed by atoms with Crippen LogP contribution in [0.1, 0.15) is 24.4 Å². The predicted octanol–water partition coefficient (Wildman–Crippen LogP) is 1.72. The van der Waals surface area contributed by atoms with Gasteiger partial charge in [-0.05, 0) is 44.1 Å². The number of hydrogen-bond donors (Lipinski definition) is 1. The van der Waals surface area contributed by atoms with E-state index in [1.165, 1.54) is 12.1 Å². The first-order valence-corrected chi connectivity index (χ1v) is 6.10. The standard InChI is InChI=1S/C13H16FNO2/c14-9-3-4-12-10(7-9)13(11(16)8-17-12)15-5-1-2-6-15/h3-4,7,11,13,16H,1-2,5-6,8H2. The van der Waals surface area contributed by atoms with Gasteiger partial charge in [-0.25, -0.2) is 4.39 Å². The molecule has 4 heteroatoms. The van der Waals surface area contributed by atoms with Crippen LogP contribution in [0.2, 0.25) is 0 Å². The molecule has 0 aromatic heterocycles. The molecular formula is C13H16FNO2. The van der Waals surface area contributed by atoms with E-state index in [1.54, 1.807) is 6.07 Å². The van der Waals surface area contributed by atoms with E-state index in [-0.39, 0.29) is 11.9 Å². The molecule has 0 spiro atoms. The van der Waals surface area contributed by atoms with Crippen LogP contribution >= 0.6 is 0 Å². The van der Waals surface area contributed by atoms with Crippen LogP contribution in [-0.4, -0.2) is 35.8 Å². The molecule has 17 heavy (non-hydrogen) atoms. The first-order chi connectivity index (χ1) is 8.25. The lowest BCUT2D eigenvalue weighted by atomic mass is 9.97. The summed E-state index contributed by atoms with van der Waals surface area (Å²) in [5, 5.41) is 10.1. The monoisotopic (exact) mass is 237 g/mol. The molecule has 2 aliphatic rings. The van der Waals surface area contributed by atoms with E-state index in [0.29, 0.717) is 12.4 Å². The number of rotatable bonds is 1. The Morgan fingerprint density at radius 1 is 1.29 bits per heavy atom. The minimum Gasteiger partial charge on any atom is -0.490 e. The van der Waals surface area contributed by atoms with Crippen molar-refractivity contribution in [1.82, 2.24) is 4.90 Å². The van der Waals surface area contributed by atoms with E-state index >= 15 is 0 Å². The third kappa shape index (κ3) is 1.91. The number of ether oxygens (including phenoxy) is 1. The Hall–Kier alpha value is -1.13. The number of fused-ring (bicyclic) bond motifs is 1. The van der Waals surface area contributed by atoms with Crippen molar-refractivity contribution in [3.8, 4) is 5.75 Å². The Balaban J connectivity index is 1.99. The Labute approximate surface area is 99.8 Å². The van der Waals surface area contributed by atoms with Gasteiger partial charge in [0.1, 0.15) is 24.3 Å². The highest BCUT2D eigenvalue weighted by Gasteiger charge is 2.35. The summed E-state index contributed by atoms with van der Waals surface area (Å²) in [5.74, 6) is 0.430. The summed E-state index contributed by atoms with van der Waals surface area (Å²) >= 11 is 0. The molecule has 2 aliphatic heterocycles. The molecule has 1 aromatic carbocycles. The minimum atomic E-state index is -0.567. The van der Waals surface area contributed by atoms with Gasteiger partial charge in [0.2, 0.25) is 0 Å². The predicted molar refractivity (Wildman–Crippen MR) is 61.4 cm³/mol. The number of hydrogen-bond acceptors (Lipinski definition) is 3. The maximum atomic E-state index is 13.3. The topological polar surface area (TPSA) is 32.7 Å². The van der Waals surface area contributed by atoms with Crippen LogP contribution in [0.15, 0.2) is 18.2 Å². The summed E-state index contributed by atoms with van der Waals surface area (Å²) in [6.45, 7) is 2.23. The van der Waals surface area contributed by atoms with Crippen molar-refractivity contribution in [1.29, 1.82) is 0 Å². The molecule has 0 saturated carbocycles. The third-order valence-corrected chi connectivity index (χ3v) is 3.60. The van der Waals surface area contributed by atoms with Crippen LogP contribution in [-0.2, 0) is 0 Å². The molecule has 92 valence electrons. The Kier molecular flexibility index (Phi) is 2.76. The van der Waals surface area contributed by atoms with E-state index in [0.717, 1.165) is 31.5 Å². The average molecular weight is 237 g/mol. The third-order valence-electron chi connectivity index (χ3n) is 3.60. The molecule has 0 radical (unpaired) electrons. The summed E-state index contributed by atoms with van der Waals surface area (Å²) in [4.78, 5) is 2.23. The maximum absolute atomic E-state index is 13.3. The maximum Gasteiger partial charge on any atom is 0.124 e. The van der Waals surface area contributed by atoms with Crippen LogP contribution in [0.3, 0.4) is 0 Å². The van der Waals surface area contributed by atoms with Gasteiger partial charge < -0.3 is 9.84 Å². The van der Waals surface area contributed by atoms with E-state index in [9.17, 15) is 9.50 Å². The zero-order valence-electron chi connectivity index (χ0n) is 9.60. The first-order valence-electron chi connectivity index (χ1n) is 6.10. The number of aliphatic hydroxyl groups excluding tert-OH is 1. The van der Waals surface area contributed by atoms with Gasteiger partial charge in [-0.3, -0.25) is 4.90 Å². The SMILES string of the molecule is OC1COc2ccc(F)cc2C1N1CCCC1. The number of likely N-dealkylation sites (tertiary alicyclic amines) is 1. The summed E-state index contributed by atoms with van der Waals surface area (Å²) in [6, 6.07) is 4.43. The van der Waals surface area contributed by atoms with Crippen molar-refractivity contribution in [2.75, 3.05) is 19.7 Å². The van der Waals surface area contributed by atoms with Crippen molar-refractivity contribution in [3.05, 3.63) is 29.6 Å². The van der Waals surface area contributed by atoms with Crippen LogP contribution in [0.4, 0.5) is 4.39 Å². The molecule has 0 aliphatic carbocycles. The van der Waals surface area contributed by atoms with Gasteiger partial charge in [0.25, 0.3) is 0 Å². The van der Waals surface area contributed by atoms with Gasteiger partial charge in [-0.1, -0.05) is 0 Å². The van der Waals surface area contributed by atoms with Crippen molar-refractivity contribution >= 4 is 0 Å². The number of aliphatic hydroxyl groups is 1. The molecule has 3 rings (SSSR count). The number of halogens is 1. The van der Waals surface area contributed by atoms with Crippen molar-refractivity contribution in [2.45, 2.75) is 25.0 Å². The van der Waals surface area contributed by atoms with Crippen LogP contribution in [0.5, 0.6) is 5.75 Å². The van der Waals surface area contributed by atoms with Crippen LogP contribution in [0.25, 0.3) is 0 Å². The molecule has 1 fully saturated rings. The normalized spacial score (nSPS) is 28.8. The second-order valence-electron chi connectivity index (χ2n) is 4.75. The molecule has 1 saturated heterocycles. The molecule has 0 amide bonds. The highest BCUT2D eigenvalue weighted by atomic mass is 19.1. The van der Waals surface area contributed by atoms with E-state index in [2.05, 4.69) is 4.90 Å². The summed E-state index contributed by atoms with van der Waals surface area (Å²) in [5.41, 5.74) is 0.783. The average Bonchev–Trinajstić information content (AvgIpc) is 2.82. The molecule has 3 nitrogen and oxygen atoms in total. The summed E-state index contributed by atoms with van der Waals surface area (Å²) < 4.78 is 18.8. The van der Waals surface area contributed by atoms with E-state index in [4.69, 9.17) is 4.74 Å². The van der Waals surface area contributed by atoms with Gasteiger partial charge in [-0.2, -0.15) is 0 Å². The highest BCUT2D eigenvalue weighted by Crippen LogP contribution is 2.37. The molecule has 1 N–H and O–H groups in total. The van der Waals surface area contributed by atoms with Gasteiger partial charge in [0.15, 0.2) is 0 Å². The van der Waals surface area contributed by atoms with E-state index < -0.39 is 6.10 Å². The van der Waals surface area contributed by atoms with Crippen molar-refractivity contribution in [2.24, 2.45) is 0 Å². The number of benzene rings is 1. The van der Waals surface area contributed by atoms with E-state index in [1.807, 2.05) is 0 Å². The molecule has 0 bridgehead atoms. The summed E-state index contributed by atoms with van der Waals surface area (Å²) in [6.07, 6.45) is 1.73. The van der Waals surface area contributed by atoms with Gasteiger partial charge >= 0.3 is 0 Å². The lowest BCUT2D eigenvalue weighted by molar-refractivity contribution is 0.00856. The molecule has 2 heterocycles. The first kappa shape index (κ1) is 11.0. The quantitative estimate of drug-likeness (QED) is 0.807. The number of nitrogens with zero attached hydrogens (tertiary/aromatic N) is 1. The van der Waals surface area contributed by atoms with Gasteiger partial charge in [-0.15, -0.1) is 0 Å². The van der Waals surface area contributed by atoms with Gasteiger partial charge in [0.05, 0.1) is 6.04 Å². The largest absolute Gasteiger partial charge is 0.490 e. The molecule has 2 unspecified atom stereocenters. The second-order valence-corrected chi connectivity index (χ2v) is 4.75. The zero-order chi connectivity index (χ0) is 11.8. The van der Waals surface area contributed by atoms with Crippen LogP contribution < -0.4 is 4.74 Å². The highest BCUT2D eigenvalue weighted by molar-refractivity contribution is 5.39. The van der Waals surface area contributed by atoms with Crippen molar-refractivity contribution in [3.63, 3.8) is 0 Å². The fourth-order valence-electron chi connectivity index (χ4n) is 2.82. The molecule has 2 atom stereocenters. The fraction of sp³-hybridized carbons (Fsp3) is 0.538. The molecular weight excluding hydrogens is 221 g/mol.